The van der Waals surface area contributed by atoms with E-state index >= 15 is 0 Å². The normalized spacial score (nSPS) is 10.0. The number of carbonyl (C=O) groups excluding carboxylic acids is 2. The first-order chi connectivity index (χ1) is 8.49. The maximum atomic E-state index is 13.4. The zero-order chi connectivity index (χ0) is 13.7. The van der Waals surface area contributed by atoms with Gasteiger partial charge in [-0.2, -0.15) is 0 Å². The van der Waals surface area contributed by atoms with Crippen LogP contribution in [0.1, 0.15) is 16.8 Å². The second-order valence-electron chi connectivity index (χ2n) is 3.29. The molecule has 0 saturated carbocycles. The molecule has 0 aromatic heterocycles. The van der Waals surface area contributed by atoms with Gasteiger partial charge in [0.1, 0.15) is 11.6 Å². The van der Waals surface area contributed by atoms with Gasteiger partial charge >= 0.3 is 5.97 Å². The number of hydrogen-bond acceptors (Lipinski definition) is 3. The molecule has 0 heterocycles. The summed E-state index contributed by atoms with van der Waals surface area (Å²) in [6, 6.07) is 1.43. The molecule has 0 aliphatic heterocycles. The number of amides is 1. The summed E-state index contributed by atoms with van der Waals surface area (Å²) in [5, 5.41) is 2.65. The Hall–Kier alpha value is -1.50. The van der Waals surface area contributed by atoms with Crippen molar-refractivity contribution >= 4 is 33.5 Å². The minimum Gasteiger partial charge on any atom is -0.465 e. The molecule has 0 bridgehead atoms. The molecule has 0 atom stereocenters. The van der Waals surface area contributed by atoms with Crippen molar-refractivity contribution in [1.82, 2.24) is 0 Å². The van der Waals surface area contributed by atoms with Gasteiger partial charge in [-0.15, -0.1) is 0 Å². The van der Waals surface area contributed by atoms with Gasteiger partial charge in [-0.3, -0.25) is 4.79 Å². The van der Waals surface area contributed by atoms with Crippen LogP contribution in [-0.4, -0.2) is 24.3 Å². The Morgan fingerprint density at radius 3 is 2.56 bits per heavy atom. The van der Waals surface area contributed by atoms with E-state index in [-0.39, 0.29) is 12.1 Å². The maximum Gasteiger partial charge on any atom is 0.340 e. The van der Waals surface area contributed by atoms with Gasteiger partial charge in [-0.25, -0.2) is 13.6 Å². The lowest BCUT2D eigenvalue weighted by atomic mass is 10.1. The third-order valence-electron chi connectivity index (χ3n) is 2.06. The van der Waals surface area contributed by atoms with Crippen molar-refractivity contribution in [2.45, 2.75) is 6.42 Å². The summed E-state index contributed by atoms with van der Waals surface area (Å²) in [6.07, 6.45) is 0.129. The van der Waals surface area contributed by atoms with Crippen LogP contribution in [0, 0.1) is 11.6 Å². The number of rotatable bonds is 4. The molecule has 1 aromatic rings. The lowest BCUT2D eigenvalue weighted by Gasteiger charge is -2.08. The lowest BCUT2D eigenvalue weighted by Crippen LogP contribution is -2.14. The fourth-order valence-corrected chi connectivity index (χ4v) is 1.57. The monoisotopic (exact) mass is 321 g/mol. The smallest absolute Gasteiger partial charge is 0.340 e. The van der Waals surface area contributed by atoms with Crippen LogP contribution >= 0.6 is 15.9 Å². The van der Waals surface area contributed by atoms with Crippen molar-refractivity contribution in [2.24, 2.45) is 0 Å². The molecule has 4 nitrogen and oxygen atoms in total. The summed E-state index contributed by atoms with van der Waals surface area (Å²) in [4.78, 5) is 22.5. The van der Waals surface area contributed by atoms with E-state index in [0.29, 0.717) is 11.4 Å². The first-order valence-electron chi connectivity index (χ1n) is 4.92. The molecule has 1 amide bonds. The zero-order valence-electron chi connectivity index (χ0n) is 9.43. The summed E-state index contributed by atoms with van der Waals surface area (Å²) in [5.41, 5.74) is -0.698. The van der Waals surface area contributed by atoms with Crippen LogP contribution in [0.2, 0.25) is 0 Å². The van der Waals surface area contributed by atoms with Gasteiger partial charge in [0.15, 0.2) is 0 Å². The van der Waals surface area contributed by atoms with Crippen LogP contribution in [0.4, 0.5) is 14.5 Å². The molecule has 18 heavy (non-hydrogen) atoms. The summed E-state index contributed by atoms with van der Waals surface area (Å²) in [6.45, 7) is 0. The highest BCUT2D eigenvalue weighted by atomic mass is 79.9. The number of esters is 1. The van der Waals surface area contributed by atoms with E-state index < -0.39 is 29.1 Å². The Labute approximate surface area is 110 Å². The van der Waals surface area contributed by atoms with Crippen LogP contribution < -0.4 is 5.32 Å². The van der Waals surface area contributed by atoms with Crippen LogP contribution in [0.25, 0.3) is 0 Å². The number of anilines is 1. The van der Waals surface area contributed by atoms with Crippen molar-refractivity contribution in [1.29, 1.82) is 0 Å². The first kappa shape index (κ1) is 14.6. The average Bonchev–Trinajstić information content (AvgIpc) is 2.32. The Morgan fingerprint density at radius 1 is 1.33 bits per heavy atom. The van der Waals surface area contributed by atoms with Crippen LogP contribution in [0.3, 0.4) is 0 Å². The number of methoxy groups -OCH3 is 1. The Balaban J connectivity index is 3.05. The minimum absolute atomic E-state index is 0.129. The molecular formula is C11H10BrF2NO3. The minimum atomic E-state index is -1.04. The highest BCUT2D eigenvalue weighted by Crippen LogP contribution is 2.20. The van der Waals surface area contributed by atoms with E-state index in [1.807, 2.05) is 0 Å². The SMILES string of the molecule is COC(=O)c1cc(NC(=O)CCBr)c(F)cc1F. The summed E-state index contributed by atoms with van der Waals surface area (Å²) >= 11 is 3.05. The molecule has 0 fully saturated rings. The van der Waals surface area contributed by atoms with Gasteiger partial charge in [0.2, 0.25) is 5.91 Å². The zero-order valence-corrected chi connectivity index (χ0v) is 11.0. The standard InChI is InChI=1S/C11H10BrF2NO3/c1-18-11(17)6-4-9(8(14)5-7(6)13)15-10(16)2-3-12/h4-5H,2-3H2,1H3,(H,15,16). The van der Waals surface area contributed by atoms with Crippen molar-refractivity contribution in [3.63, 3.8) is 0 Å². The van der Waals surface area contributed by atoms with E-state index in [9.17, 15) is 18.4 Å². The van der Waals surface area contributed by atoms with Crippen molar-refractivity contribution < 1.29 is 23.1 Å². The largest absolute Gasteiger partial charge is 0.465 e. The third kappa shape index (κ3) is 3.49. The van der Waals surface area contributed by atoms with Gasteiger partial charge in [0, 0.05) is 17.8 Å². The number of carbonyl (C=O) groups is 2. The predicted molar refractivity (Wildman–Crippen MR) is 64.7 cm³/mol. The average molecular weight is 322 g/mol. The van der Waals surface area contributed by atoms with Gasteiger partial charge in [0.05, 0.1) is 18.4 Å². The number of alkyl halides is 1. The van der Waals surface area contributed by atoms with Gasteiger partial charge < -0.3 is 10.1 Å². The second-order valence-corrected chi connectivity index (χ2v) is 4.08. The number of hydrogen-bond donors (Lipinski definition) is 1. The molecular weight excluding hydrogens is 312 g/mol. The number of nitrogens with one attached hydrogen (secondary N) is 1. The summed E-state index contributed by atoms with van der Waals surface area (Å²) in [5.74, 6) is -3.39. The molecule has 0 aliphatic rings. The summed E-state index contributed by atoms with van der Waals surface area (Å²) in [7, 11) is 1.08. The lowest BCUT2D eigenvalue weighted by molar-refractivity contribution is -0.115. The van der Waals surface area contributed by atoms with E-state index in [2.05, 4.69) is 26.0 Å². The molecule has 0 aliphatic carbocycles. The highest BCUT2D eigenvalue weighted by Gasteiger charge is 2.17. The predicted octanol–water partition coefficient (Wildman–Crippen LogP) is 2.47. The fraction of sp³-hybridized carbons (Fsp3) is 0.273. The maximum absolute atomic E-state index is 13.4. The molecule has 0 saturated heterocycles. The van der Waals surface area contributed by atoms with Crippen LogP contribution in [-0.2, 0) is 9.53 Å². The Morgan fingerprint density at radius 2 is 2.00 bits per heavy atom. The number of halogens is 3. The molecule has 98 valence electrons. The quantitative estimate of drug-likeness (QED) is 0.684. The van der Waals surface area contributed by atoms with E-state index in [1.165, 1.54) is 0 Å². The fourth-order valence-electron chi connectivity index (χ4n) is 1.21. The Bertz CT molecular complexity index is 480. The molecule has 1 rings (SSSR count). The second kappa shape index (κ2) is 6.44. The molecule has 0 unspecified atom stereocenters. The van der Waals surface area contributed by atoms with Crippen molar-refractivity contribution in [2.75, 3.05) is 17.8 Å². The molecule has 0 radical (unpaired) electrons. The van der Waals surface area contributed by atoms with Crippen LogP contribution in [0.5, 0.6) is 0 Å². The van der Waals surface area contributed by atoms with E-state index in [0.717, 1.165) is 13.2 Å². The molecule has 1 aromatic carbocycles. The van der Waals surface area contributed by atoms with Gasteiger partial charge in [0.25, 0.3) is 0 Å². The molecule has 7 heteroatoms. The van der Waals surface area contributed by atoms with Gasteiger partial charge in [-0.05, 0) is 6.07 Å². The topological polar surface area (TPSA) is 55.4 Å². The van der Waals surface area contributed by atoms with E-state index in [1.54, 1.807) is 0 Å². The number of benzene rings is 1. The number of ether oxygens (including phenoxy) is 1. The first-order valence-corrected chi connectivity index (χ1v) is 6.05. The van der Waals surface area contributed by atoms with Crippen molar-refractivity contribution in [3.05, 3.63) is 29.3 Å². The van der Waals surface area contributed by atoms with Gasteiger partial charge in [-0.1, -0.05) is 15.9 Å². The Kier molecular flexibility index (Phi) is 5.21. The van der Waals surface area contributed by atoms with Crippen molar-refractivity contribution in [3.8, 4) is 0 Å². The molecule has 1 N–H and O–H groups in total. The highest BCUT2D eigenvalue weighted by molar-refractivity contribution is 9.09. The van der Waals surface area contributed by atoms with E-state index in [4.69, 9.17) is 0 Å². The van der Waals surface area contributed by atoms with Crippen LogP contribution in [0.15, 0.2) is 12.1 Å². The summed E-state index contributed by atoms with van der Waals surface area (Å²) < 4.78 is 31.0. The third-order valence-corrected chi connectivity index (χ3v) is 2.45. The molecule has 0 spiro atoms.